The molecule has 1 amide bonds. The third-order valence-corrected chi connectivity index (χ3v) is 5.55. The minimum atomic E-state index is -0.695. The highest BCUT2D eigenvalue weighted by atomic mass is 19.1. The molecule has 0 aromatic heterocycles. The normalized spacial score (nSPS) is 13.2. The summed E-state index contributed by atoms with van der Waals surface area (Å²) < 4.78 is 32.0. The third-order valence-electron chi connectivity index (χ3n) is 5.55. The van der Waals surface area contributed by atoms with Crippen LogP contribution in [0.2, 0.25) is 0 Å². The maximum atomic E-state index is 13.4. The molecular formula is C24H30F2N2O3. The number of amides is 1. The van der Waals surface area contributed by atoms with E-state index in [-0.39, 0.29) is 11.6 Å². The summed E-state index contributed by atoms with van der Waals surface area (Å²) in [6.07, 6.45) is 2.07. The van der Waals surface area contributed by atoms with E-state index in [1.807, 2.05) is 13.1 Å². The van der Waals surface area contributed by atoms with Crippen LogP contribution in [0.4, 0.5) is 8.78 Å². The van der Waals surface area contributed by atoms with Gasteiger partial charge >= 0.3 is 0 Å². The van der Waals surface area contributed by atoms with Crippen molar-refractivity contribution in [3.63, 3.8) is 0 Å². The number of aryl methyl sites for hydroxylation is 2. The molecule has 2 rings (SSSR count). The van der Waals surface area contributed by atoms with Crippen molar-refractivity contribution in [2.45, 2.75) is 38.7 Å². The minimum Gasteiger partial charge on any atom is -0.377 e. The van der Waals surface area contributed by atoms with Crippen molar-refractivity contribution >= 4 is 5.91 Å². The maximum absolute atomic E-state index is 13.4. The summed E-state index contributed by atoms with van der Waals surface area (Å²) >= 11 is 0. The summed E-state index contributed by atoms with van der Waals surface area (Å²) in [6, 6.07) is 11.1. The zero-order chi connectivity index (χ0) is 22.8. The van der Waals surface area contributed by atoms with E-state index in [2.05, 4.69) is 10.1 Å². The number of nitroso groups, excluding NO2 is 1. The number of nitrogens with zero attached hydrogens (tertiary/aromatic N) is 2. The summed E-state index contributed by atoms with van der Waals surface area (Å²) in [6.45, 7) is 3.17. The van der Waals surface area contributed by atoms with Crippen LogP contribution in [0.5, 0.6) is 0 Å². The lowest BCUT2D eigenvalue weighted by molar-refractivity contribution is -0.123. The Kier molecular flexibility index (Phi) is 9.88. The predicted molar refractivity (Wildman–Crippen MR) is 117 cm³/mol. The Bertz CT molecular complexity index is 858. The Morgan fingerprint density at radius 3 is 2.45 bits per heavy atom. The fourth-order valence-electron chi connectivity index (χ4n) is 3.62. The van der Waals surface area contributed by atoms with E-state index in [0.717, 1.165) is 30.5 Å². The van der Waals surface area contributed by atoms with Crippen molar-refractivity contribution in [1.29, 1.82) is 0 Å². The van der Waals surface area contributed by atoms with Gasteiger partial charge in [-0.25, -0.2) is 8.78 Å². The first-order chi connectivity index (χ1) is 14.8. The molecule has 2 atom stereocenters. The van der Waals surface area contributed by atoms with Crippen molar-refractivity contribution in [1.82, 2.24) is 4.90 Å². The van der Waals surface area contributed by atoms with Crippen LogP contribution in [0.3, 0.4) is 0 Å². The molecule has 0 aliphatic carbocycles. The Morgan fingerprint density at radius 2 is 1.84 bits per heavy atom. The minimum absolute atomic E-state index is 0.199. The van der Waals surface area contributed by atoms with Gasteiger partial charge in [-0.1, -0.05) is 24.3 Å². The number of hydrogen-bond acceptors (Lipinski definition) is 4. The largest absolute Gasteiger partial charge is 0.377 e. The molecule has 0 saturated heterocycles. The molecule has 0 bridgehead atoms. The van der Waals surface area contributed by atoms with E-state index in [1.54, 1.807) is 25.1 Å². The Balaban J connectivity index is 1.86. The van der Waals surface area contributed by atoms with Crippen LogP contribution in [0.1, 0.15) is 42.1 Å². The molecule has 5 nitrogen and oxygen atoms in total. The lowest BCUT2D eigenvalue weighted by Crippen LogP contribution is -2.26. The zero-order valence-corrected chi connectivity index (χ0v) is 18.3. The molecule has 2 aromatic carbocycles. The topological polar surface area (TPSA) is 59.0 Å². The van der Waals surface area contributed by atoms with Gasteiger partial charge < -0.3 is 9.64 Å². The number of carbonyl (C=O) groups is 1. The maximum Gasteiger partial charge on any atom is 0.289 e. The van der Waals surface area contributed by atoms with Crippen LogP contribution in [0, 0.1) is 29.4 Å². The van der Waals surface area contributed by atoms with Crippen molar-refractivity contribution < 1.29 is 18.3 Å². The second-order valence-corrected chi connectivity index (χ2v) is 7.92. The molecular weight excluding hydrogens is 402 g/mol. The summed E-state index contributed by atoms with van der Waals surface area (Å²) in [4.78, 5) is 25.1. The molecule has 2 aromatic rings. The number of hydrogen-bond donors (Lipinski definition) is 0. The molecule has 0 spiro atoms. The smallest absolute Gasteiger partial charge is 0.289 e. The lowest BCUT2D eigenvalue weighted by atomic mass is 9.93. The van der Waals surface area contributed by atoms with Gasteiger partial charge in [0.2, 0.25) is 0 Å². The monoisotopic (exact) mass is 432 g/mol. The van der Waals surface area contributed by atoms with Crippen molar-refractivity contribution in [3.05, 3.63) is 75.7 Å². The second-order valence-electron chi connectivity index (χ2n) is 7.92. The number of carbonyl (C=O) groups excluding carboxylic acids is 1. The molecule has 0 aliphatic heterocycles. The molecule has 0 heterocycles. The quantitative estimate of drug-likeness (QED) is 0.432. The second kappa shape index (κ2) is 12.4. The summed E-state index contributed by atoms with van der Waals surface area (Å²) in [5.74, 6) is -1.82. The van der Waals surface area contributed by atoms with E-state index in [0.29, 0.717) is 24.9 Å². The number of rotatable bonds is 12. The first-order valence-corrected chi connectivity index (χ1v) is 10.4. The predicted octanol–water partition coefficient (Wildman–Crippen LogP) is 5.21. The lowest BCUT2D eigenvalue weighted by Gasteiger charge is -2.23. The van der Waals surface area contributed by atoms with E-state index in [4.69, 9.17) is 4.74 Å². The first kappa shape index (κ1) is 24.8. The number of halogens is 2. The van der Waals surface area contributed by atoms with Gasteiger partial charge in [0.1, 0.15) is 11.6 Å². The van der Waals surface area contributed by atoms with Gasteiger partial charge in [0.15, 0.2) is 0 Å². The van der Waals surface area contributed by atoms with Crippen LogP contribution in [-0.2, 0) is 16.0 Å². The fraction of sp³-hybridized carbons (Fsp3) is 0.458. The fourth-order valence-corrected chi connectivity index (χ4v) is 3.62. The highest BCUT2D eigenvalue weighted by Gasteiger charge is 2.25. The van der Waals surface area contributed by atoms with Gasteiger partial charge in [-0.05, 0) is 87.6 Å². The van der Waals surface area contributed by atoms with Gasteiger partial charge in [-0.3, -0.25) is 4.79 Å². The molecule has 0 N–H and O–H groups in total. The SMILES string of the molecule is CO[C@H](C[C@H](CCN(C)CCCc1ccc(F)c(C)c1)C(=O)N=O)c1ccc(F)cc1. The Hall–Kier alpha value is -2.51. The molecule has 7 heteroatoms. The van der Waals surface area contributed by atoms with Gasteiger partial charge in [-0.15, -0.1) is 4.91 Å². The number of methoxy groups -OCH3 is 1. The van der Waals surface area contributed by atoms with Gasteiger partial charge in [-0.2, -0.15) is 0 Å². The van der Waals surface area contributed by atoms with Crippen LogP contribution < -0.4 is 0 Å². The molecule has 0 aliphatic rings. The Labute approximate surface area is 182 Å². The molecule has 0 unspecified atom stereocenters. The van der Waals surface area contributed by atoms with Gasteiger partial charge in [0, 0.05) is 18.2 Å². The van der Waals surface area contributed by atoms with E-state index < -0.39 is 17.9 Å². The van der Waals surface area contributed by atoms with Crippen LogP contribution in [0.25, 0.3) is 0 Å². The number of benzene rings is 2. The van der Waals surface area contributed by atoms with E-state index in [1.165, 1.54) is 25.3 Å². The van der Waals surface area contributed by atoms with E-state index in [9.17, 15) is 18.5 Å². The average molecular weight is 433 g/mol. The van der Waals surface area contributed by atoms with Crippen LogP contribution >= 0.6 is 0 Å². The van der Waals surface area contributed by atoms with Crippen LogP contribution in [0.15, 0.2) is 47.6 Å². The zero-order valence-electron chi connectivity index (χ0n) is 18.3. The average Bonchev–Trinajstić information content (AvgIpc) is 2.76. The summed E-state index contributed by atoms with van der Waals surface area (Å²) in [5.41, 5.74) is 2.48. The third kappa shape index (κ3) is 7.92. The summed E-state index contributed by atoms with van der Waals surface area (Å²) in [7, 11) is 3.48. The molecule has 31 heavy (non-hydrogen) atoms. The van der Waals surface area contributed by atoms with Crippen molar-refractivity contribution in [3.8, 4) is 0 Å². The van der Waals surface area contributed by atoms with E-state index >= 15 is 0 Å². The molecule has 168 valence electrons. The van der Waals surface area contributed by atoms with Crippen LogP contribution in [-0.4, -0.2) is 38.1 Å². The highest BCUT2D eigenvalue weighted by Crippen LogP contribution is 2.27. The first-order valence-electron chi connectivity index (χ1n) is 10.4. The summed E-state index contributed by atoms with van der Waals surface area (Å²) in [5, 5.41) is 2.63. The van der Waals surface area contributed by atoms with Gasteiger partial charge in [0.05, 0.1) is 6.10 Å². The molecule has 0 fully saturated rings. The van der Waals surface area contributed by atoms with Crippen molar-refractivity contribution in [2.24, 2.45) is 11.1 Å². The number of ether oxygens (including phenoxy) is 1. The van der Waals surface area contributed by atoms with Gasteiger partial charge in [0.25, 0.3) is 5.91 Å². The molecule has 0 saturated carbocycles. The Morgan fingerprint density at radius 1 is 1.13 bits per heavy atom. The standard InChI is InChI=1S/C24H30F2N2O3/c1-17-15-18(6-11-22(17)26)5-4-13-28(2)14-12-20(24(29)27-30)16-23(31-3)19-7-9-21(25)10-8-19/h6-11,15,20,23H,4-5,12-14,16H2,1-3H3/t20-,23+/m0/s1. The highest BCUT2D eigenvalue weighted by molar-refractivity contribution is 5.79. The molecule has 0 radical (unpaired) electrons. The van der Waals surface area contributed by atoms with Crippen molar-refractivity contribution in [2.75, 3.05) is 27.2 Å².